The number of nitrogens with one attached hydrogen (secondary N) is 1. The SMILES string of the molecule is Cc1c(CNC(C)C)cnn1CCOc1ccccc1. The normalized spacial score (nSPS) is 11.0. The Morgan fingerprint density at radius 3 is 2.70 bits per heavy atom. The average molecular weight is 273 g/mol. The van der Waals surface area contributed by atoms with E-state index in [9.17, 15) is 0 Å². The molecule has 0 saturated heterocycles. The Labute approximate surface area is 120 Å². The Kier molecular flexibility index (Phi) is 5.18. The number of benzene rings is 1. The number of para-hydroxylation sites is 1. The third kappa shape index (κ3) is 4.10. The summed E-state index contributed by atoms with van der Waals surface area (Å²) in [6.07, 6.45) is 1.94. The van der Waals surface area contributed by atoms with E-state index in [1.165, 1.54) is 11.3 Å². The van der Waals surface area contributed by atoms with Gasteiger partial charge in [-0.2, -0.15) is 5.10 Å². The van der Waals surface area contributed by atoms with Crippen LogP contribution in [0.1, 0.15) is 25.1 Å². The van der Waals surface area contributed by atoms with Crippen molar-refractivity contribution < 1.29 is 4.74 Å². The van der Waals surface area contributed by atoms with Crippen LogP contribution in [0.15, 0.2) is 36.5 Å². The standard InChI is InChI=1S/C16H23N3O/c1-13(2)17-11-15-12-18-19(14(15)3)9-10-20-16-7-5-4-6-8-16/h4-8,12-13,17H,9-11H2,1-3H3. The molecule has 2 rings (SSSR count). The van der Waals surface area contributed by atoms with E-state index in [2.05, 4.69) is 31.2 Å². The first-order valence-electron chi connectivity index (χ1n) is 7.09. The molecule has 0 aliphatic rings. The van der Waals surface area contributed by atoms with Gasteiger partial charge >= 0.3 is 0 Å². The smallest absolute Gasteiger partial charge is 0.119 e. The molecule has 0 atom stereocenters. The van der Waals surface area contributed by atoms with Crippen molar-refractivity contribution in [1.29, 1.82) is 0 Å². The Balaban J connectivity index is 1.84. The maximum absolute atomic E-state index is 5.70. The van der Waals surface area contributed by atoms with Crippen LogP contribution in [0.4, 0.5) is 0 Å². The quantitative estimate of drug-likeness (QED) is 0.843. The van der Waals surface area contributed by atoms with Crippen LogP contribution in [0.3, 0.4) is 0 Å². The minimum Gasteiger partial charge on any atom is -0.492 e. The van der Waals surface area contributed by atoms with Crippen molar-refractivity contribution in [2.24, 2.45) is 0 Å². The van der Waals surface area contributed by atoms with Crippen LogP contribution >= 0.6 is 0 Å². The molecule has 0 aliphatic heterocycles. The second-order valence-corrected chi connectivity index (χ2v) is 5.18. The first-order chi connectivity index (χ1) is 9.66. The first-order valence-corrected chi connectivity index (χ1v) is 7.09. The fourth-order valence-electron chi connectivity index (χ4n) is 1.96. The third-order valence-electron chi connectivity index (χ3n) is 3.22. The molecule has 0 fully saturated rings. The molecule has 1 N–H and O–H groups in total. The summed E-state index contributed by atoms with van der Waals surface area (Å²) in [5.74, 6) is 0.902. The number of rotatable bonds is 7. The maximum atomic E-state index is 5.70. The van der Waals surface area contributed by atoms with E-state index in [0.29, 0.717) is 12.6 Å². The zero-order valence-electron chi connectivity index (χ0n) is 12.5. The van der Waals surface area contributed by atoms with Gasteiger partial charge in [0.2, 0.25) is 0 Å². The Morgan fingerprint density at radius 1 is 1.25 bits per heavy atom. The molecule has 0 spiro atoms. The molecule has 4 heteroatoms. The van der Waals surface area contributed by atoms with E-state index in [-0.39, 0.29) is 0 Å². The van der Waals surface area contributed by atoms with Gasteiger partial charge in [0, 0.05) is 23.8 Å². The van der Waals surface area contributed by atoms with Gasteiger partial charge in [0.25, 0.3) is 0 Å². The summed E-state index contributed by atoms with van der Waals surface area (Å²) in [5, 5.41) is 7.83. The third-order valence-corrected chi connectivity index (χ3v) is 3.22. The molecule has 2 aromatic rings. The van der Waals surface area contributed by atoms with E-state index >= 15 is 0 Å². The van der Waals surface area contributed by atoms with Crippen molar-refractivity contribution >= 4 is 0 Å². The van der Waals surface area contributed by atoms with Crippen molar-refractivity contribution in [3.05, 3.63) is 47.8 Å². The van der Waals surface area contributed by atoms with Crippen LogP contribution in [-0.4, -0.2) is 22.4 Å². The van der Waals surface area contributed by atoms with Gasteiger partial charge in [-0.1, -0.05) is 32.0 Å². The first kappa shape index (κ1) is 14.6. The van der Waals surface area contributed by atoms with Gasteiger partial charge in [-0.15, -0.1) is 0 Å². The molecular weight excluding hydrogens is 250 g/mol. The minimum atomic E-state index is 0.485. The fourth-order valence-corrected chi connectivity index (χ4v) is 1.96. The molecule has 1 heterocycles. The van der Waals surface area contributed by atoms with Crippen molar-refractivity contribution in [2.45, 2.75) is 39.9 Å². The van der Waals surface area contributed by atoms with Crippen LogP contribution in [-0.2, 0) is 13.1 Å². The largest absolute Gasteiger partial charge is 0.492 e. The predicted molar refractivity (Wildman–Crippen MR) is 80.9 cm³/mol. The Hall–Kier alpha value is -1.81. The highest BCUT2D eigenvalue weighted by Gasteiger charge is 2.06. The molecule has 0 aliphatic carbocycles. The zero-order chi connectivity index (χ0) is 14.4. The van der Waals surface area contributed by atoms with E-state index in [1.54, 1.807) is 0 Å². The lowest BCUT2D eigenvalue weighted by molar-refractivity contribution is 0.289. The van der Waals surface area contributed by atoms with E-state index < -0.39 is 0 Å². The molecule has 0 bridgehead atoms. The number of hydrogen-bond acceptors (Lipinski definition) is 3. The van der Waals surface area contributed by atoms with Crippen molar-refractivity contribution in [2.75, 3.05) is 6.61 Å². The monoisotopic (exact) mass is 273 g/mol. The van der Waals surface area contributed by atoms with Crippen molar-refractivity contribution in [3.63, 3.8) is 0 Å². The molecule has 0 saturated carbocycles. The topological polar surface area (TPSA) is 39.1 Å². The lowest BCUT2D eigenvalue weighted by atomic mass is 10.2. The summed E-state index contributed by atoms with van der Waals surface area (Å²) in [4.78, 5) is 0. The molecule has 0 unspecified atom stereocenters. The highest BCUT2D eigenvalue weighted by Crippen LogP contribution is 2.10. The van der Waals surface area contributed by atoms with Gasteiger partial charge in [-0.25, -0.2) is 0 Å². The second kappa shape index (κ2) is 7.10. The molecule has 0 radical (unpaired) electrons. The molecule has 4 nitrogen and oxygen atoms in total. The van der Waals surface area contributed by atoms with Gasteiger partial charge in [0.15, 0.2) is 0 Å². The van der Waals surface area contributed by atoms with Crippen molar-refractivity contribution in [3.8, 4) is 5.75 Å². The van der Waals surface area contributed by atoms with Crippen LogP contribution in [0.2, 0.25) is 0 Å². The summed E-state index contributed by atoms with van der Waals surface area (Å²) in [6.45, 7) is 8.66. The Bertz CT molecular complexity index is 520. The number of hydrogen-bond donors (Lipinski definition) is 1. The molecular formula is C16H23N3O. The van der Waals surface area contributed by atoms with E-state index in [4.69, 9.17) is 4.74 Å². The summed E-state index contributed by atoms with van der Waals surface area (Å²) in [7, 11) is 0. The lowest BCUT2D eigenvalue weighted by Gasteiger charge is -2.09. The maximum Gasteiger partial charge on any atom is 0.119 e. The van der Waals surface area contributed by atoms with Gasteiger partial charge < -0.3 is 10.1 Å². The average Bonchev–Trinajstić information content (AvgIpc) is 2.79. The summed E-state index contributed by atoms with van der Waals surface area (Å²) >= 11 is 0. The molecule has 0 amide bonds. The zero-order valence-corrected chi connectivity index (χ0v) is 12.5. The van der Waals surface area contributed by atoms with E-state index in [1.807, 2.05) is 41.2 Å². The fraction of sp³-hybridized carbons (Fsp3) is 0.438. The van der Waals surface area contributed by atoms with Crippen molar-refractivity contribution in [1.82, 2.24) is 15.1 Å². The minimum absolute atomic E-state index is 0.485. The molecule has 1 aromatic carbocycles. The van der Waals surface area contributed by atoms with Gasteiger partial charge in [-0.05, 0) is 19.1 Å². The summed E-state index contributed by atoms with van der Waals surface area (Å²) in [6, 6.07) is 10.4. The molecule has 1 aromatic heterocycles. The van der Waals surface area contributed by atoms with Gasteiger partial charge in [0.05, 0.1) is 12.7 Å². The van der Waals surface area contributed by atoms with Gasteiger partial charge in [-0.3, -0.25) is 4.68 Å². The highest BCUT2D eigenvalue weighted by molar-refractivity contribution is 5.21. The number of ether oxygens (including phenoxy) is 1. The van der Waals surface area contributed by atoms with E-state index in [0.717, 1.165) is 18.8 Å². The molecule has 108 valence electrons. The van der Waals surface area contributed by atoms with Crippen LogP contribution in [0, 0.1) is 6.92 Å². The lowest BCUT2D eigenvalue weighted by Crippen LogP contribution is -2.22. The molecule has 20 heavy (non-hydrogen) atoms. The number of aromatic nitrogens is 2. The number of nitrogens with zero attached hydrogens (tertiary/aromatic N) is 2. The Morgan fingerprint density at radius 2 is 2.00 bits per heavy atom. The van der Waals surface area contributed by atoms with Crippen LogP contribution in [0.5, 0.6) is 5.75 Å². The second-order valence-electron chi connectivity index (χ2n) is 5.18. The van der Waals surface area contributed by atoms with Crippen LogP contribution < -0.4 is 10.1 Å². The highest BCUT2D eigenvalue weighted by atomic mass is 16.5. The summed E-state index contributed by atoms with van der Waals surface area (Å²) < 4.78 is 7.70. The summed E-state index contributed by atoms with van der Waals surface area (Å²) in [5.41, 5.74) is 2.45. The van der Waals surface area contributed by atoms with Gasteiger partial charge in [0.1, 0.15) is 12.4 Å². The van der Waals surface area contributed by atoms with Crippen LogP contribution in [0.25, 0.3) is 0 Å². The predicted octanol–water partition coefficient (Wildman–Crippen LogP) is 2.77.